The number of benzene rings is 1. The molecule has 2 aromatic rings. The predicted octanol–water partition coefficient (Wildman–Crippen LogP) is 3.38. The average molecular weight is 372 g/mol. The maximum Gasteiger partial charge on any atom is 0.227 e. The minimum absolute atomic E-state index is 0.0684. The Hall–Kier alpha value is -2.41. The van der Waals surface area contributed by atoms with Crippen molar-refractivity contribution in [3.05, 3.63) is 36.0 Å². The summed E-state index contributed by atoms with van der Waals surface area (Å²) < 4.78 is 11.0. The minimum atomic E-state index is -0.0684. The van der Waals surface area contributed by atoms with Crippen molar-refractivity contribution in [3.8, 4) is 0 Å². The molecule has 0 unspecified atom stereocenters. The molecule has 3 rings (SSSR count). The van der Waals surface area contributed by atoms with Crippen molar-refractivity contribution in [2.75, 3.05) is 23.3 Å². The van der Waals surface area contributed by atoms with Crippen LogP contribution < -0.4 is 10.2 Å². The summed E-state index contributed by atoms with van der Waals surface area (Å²) in [4.78, 5) is 19.0. The predicted molar refractivity (Wildman–Crippen MR) is 104 cm³/mol. The van der Waals surface area contributed by atoms with Gasteiger partial charge in [0.15, 0.2) is 5.82 Å². The van der Waals surface area contributed by atoms with Gasteiger partial charge >= 0.3 is 0 Å². The Morgan fingerprint density at radius 2 is 1.96 bits per heavy atom. The molecule has 27 heavy (non-hydrogen) atoms. The van der Waals surface area contributed by atoms with Gasteiger partial charge in [-0.05, 0) is 26.0 Å². The summed E-state index contributed by atoms with van der Waals surface area (Å²) in [6, 6.07) is 7.88. The molecule has 0 spiro atoms. The summed E-state index contributed by atoms with van der Waals surface area (Å²) in [6.45, 7) is 9.75. The van der Waals surface area contributed by atoms with Gasteiger partial charge in [-0.25, -0.2) is 0 Å². The third kappa shape index (κ3) is 5.07. The molecular formula is C20H28N4O3. The summed E-state index contributed by atoms with van der Waals surface area (Å²) in [5, 5.41) is 6.96. The van der Waals surface area contributed by atoms with Gasteiger partial charge in [0, 0.05) is 31.8 Å². The number of nitrogens with zero attached hydrogens (tertiary/aromatic N) is 3. The van der Waals surface area contributed by atoms with Crippen molar-refractivity contribution < 1.29 is 14.1 Å². The first kappa shape index (κ1) is 19.4. The Bertz CT molecular complexity index is 764. The zero-order valence-corrected chi connectivity index (χ0v) is 16.4. The number of nitrogens with one attached hydrogen (secondary N) is 1. The summed E-state index contributed by atoms with van der Waals surface area (Å²) in [6.07, 6.45) is 1.04. The van der Waals surface area contributed by atoms with E-state index in [1.165, 1.54) is 0 Å². The normalized spacial score (nSPS) is 20.1. The molecule has 1 aliphatic heterocycles. The molecule has 2 heterocycles. The molecule has 7 heteroatoms. The minimum Gasteiger partial charge on any atom is -0.372 e. The highest BCUT2D eigenvalue weighted by atomic mass is 16.5. The number of ether oxygens (including phenoxy) is 1. The first-order valence-corrected chi connectivity index (χ1v) is 9.54. The van der Waals surface area contributed by atoms with E-state index in [0.717, 1.165) is 24.5 Å². The van der Waals surface area contributed by atoms with E-state index < -0.39 is 0 Å². The highest BCUT2D eigenvalue weighted by molar-refractivity contribution is 5.94. The van der Waals surface area contributed by atoms with Crippen molar-refractivity contribution in [3.63, 3.8) is 0 Å². The van der Waals surface area contributed by atoms with E-state index in [4.69, 9.17) is 9.26 Å². The van der Waals surface area contributed by atoms with Crippen molar-refractivity contribution >= 4 is 17.3 Å². The van der Waals surface area contributed by atoms with Gasteiger partial charge in [0.25, 0.3) is 0 Å². The van der Waals surface area contributed by atoms with E-state index in [9.17, 15) is 4.79 Å². The Morgan fingerprint density at radius 3 is 2.63 bits per heavy atom. The molecule has 1 amide bonds. The lowest BCUT2D eigenvalue weighted by molar-refractivity contribution is -0.116. The Kier molecular flexibility index (Phi) is 6.11. The number of carbonyl (C=O) groups is 1. The molecule has 7 nitrogen and oxygen atoms in total. The molecule has 146 valence electrons. The highest BCUT2D eigenvalue weighted by Gasteiger charge is 2.24. The van der Waals surface area contributed by atoms with Crippen LogP contribution >= 0.6 is 0 Å². The fourth-order valence-corrected chi connectivity index (χ4v) is 3.27. The second-order valence-electron chi connectivity index (χ2n) is 7.43. The van der Waals surface area contributed by atoms with Crippen LogP contribution in [-0.4, -0.2) is 41.3 Å². The highest BCUT2D eigenvalue weighted by Crippen LogP contribution is 2.28. The van der Waals surface area contributed by atoms with Crippen LogP contribution in [0, 0.1) is 0 Å². The van der Waals surface area contributed by atoms with Crippen LogP contribution in [-0.2, 0) is 16.0 Å². The maximum absolute atomic E-state index is 12.4. The van der Waals surface area contributed by atoms with E-state index in [-0.39, 0.29) is 24.0 Å². The Labute approximate surface area is 160 Å². The number of amides is 1. The van der Waals surface area contributed by atoms with E-state index in [1.54, 1.807) is 0 Å². The van der Waals surface area contributed by atoms with Crippen molar-refractivity contribution in [1.82, 2.24) is 10.1 Å². The molecule has 0 radical (unpaired) electrons. The van der Waals surface area contributed by atoms with Crippen LogP contribution in [0.1, 0.15) is 51.7 Å². The molecule has 0 bridgehead atoms. The third-order valence-corrected chi connectivity index (χ3v) is 4.50. The van der Waals surface area contributed by atoms with Crippen LogP contribution in [0.5, 0.6) is 0 Å². The molecule has 1 aliphatic rings. The van der Waals surface area contributed by atoms with Gasteiger partial charge in [0.2, 0.25) is 11.8 Å². The van der Waals surface area contributed by atoms with Gasteiger partial charge in [-0.3, -0.25) is 4.79 Å². The first-order valence-electron chi connectivity index (χ1n) is 9.54. The standard InChI is InChI=1S/C20H28N4O3/c1-13(2)20-22-19(27-23-20)10-9-18(25)21-16-7-5-6-8-17(16)24-11-14(3)26-15(4)12-24/h5-8,13-15H,9-12H2,1-4H3,(H,21,25)/t14-,15-/m0/s1. The fraction of sp³-hybridized carbons (Fsp3) is 0.550. The molecule has 1 fully saturated rings. The number of para-hydroxylation sites is 2. The number of hydrogen-bond donors (Lipinski definition) is 1. The first-order chi connectivity index (χ1) is 12.9. The van der Waals surface area contributed by atoms with Gasteiger partial charge < -0.3 is 19.5 Å². The lowest BCUT2D eigenvalue weighted by atomic mass is 10.1. The van der Waals surface area contributed by atoms with Gasteiger partial charge in [-0.2, -0.15) is 4.98 Å². The number of aryl methyl sites for hydroxylation is 1. The van der Waals surface area contributed by atoms with Crippen molar-refractivity contribution in [1.29, 1.82) is 0 Å². The number of aromatic nitrogens is 2. The number of rotatable bonds is 6. The van der Waals surface area contributed by atoms with Crippen molar-refractivity contribution in [2.45, 2.75) is 58.7 Å². The van der Waals surface area contributed by atoms with Crippen LogP contribution in [0.4, 0.5) is 11.4 Å². The Morgan fingerprint density at radius 1 is 1.26 bits per heavy atom. The van der Waals surface area contributed by atoms with E-state index in [1.807, 2.05) is 38.1 Å². The van der Waals surface area contributed by atoms with E-state index in [0.29, 0.717) is 24.6 Å². The molecular weight excluding hydrogens is 344 g/mol. The Balaban J connectivity index is 1.62. The van der Waals surface area contributed by atoms with Crippen LogP contribution in [0.15, 0.2) is 28.8 Å². The second kappa shape index (κ2) is 8.52. The SMILES string of the molecule is CC(C)c1noc(CCC(=O)Nc2ccccc2N2C[C@H](C)O[C@@H](C)C2)n1. The van der Waals surface area contributed by atoms with Gasteiger partial charge in [0.1, 0.15) is 0 Å². The molecule has 2 atom stereocenters. The van der Waals surface area contributed by atoms with Gasteiger partial charge in [-0.15, -0.1) is 0 Å². The largest absolute Gasteiger partial charge is 0.372 e. The molecule has 0 saturated carbocycles. The molecule has 1 saturated heterocycles. The smallest absolute Gasteiger partial charge is 0.227 e. The summed E-state index contributed by atoms with van der Waals surface area (Å²) in [5.41, 5.74) is 1.84. The molecule has 1 aromatic heterocycles. The van der Waals surface area contributed by atoms with Crippen molar-refractivity contribution in [2.24, 2.45) is 0 Å². The average Bonchev–Trinajstić information content (AvgIpc) is 3.09. The quantitative estimate of drug-likeness (QED) is 0.837. The lowest BCUT2D eigenvalue weighted by Crippen LogP contribution is -2.45. The summed E-state index contributed by atoms with van der Waals surface area (Å²) in [7, 11) is 0. The molecule has 1 N–H and O–H groups in total. The zero-order chi connectivity index (χ0) is 19.4. The van der Waals surface area contributed by atoms with Crippen LogP contribution in [0.2, 0.25) is 0 Å². The van der Waals surface area contributed by atoms with Gasteiger partial charge in [-0.1, -0.05) is 31.1 Å². The van der Waals surface area contributed by atoms with E-state index in [2.05, 4.69) is 34.2 Å². The fourth-order valence-electron chi connectivity index (χ4n) is 3.27. The monoisotopic (exact) mass is 372 g/mol. The molecule has 1 aromatic carbocycles. The number of anilines is 2. The maximum atomic E-state index is 12.4. The van der Waals surface area contributed by atoms with Crippen LogP contribution in [0.25, 0.3) is 0 Å². The summed E-state index contributed by atoms with van der Waals surface area (Å²) in [5.74, 6) is 1.31. The third-order valence-electron chi connectivity index (χ3n) is 4.50. The second-order valence-corrected chi connectivity index (χ2v) is 7.43. The zero-order valence-electron chi connectivity index (χ0n) is 16.4. The lowest BCUT2D eigenvalue weighted by Gasteiger charge is -2.37. The molecule has 0 aliphatic carbocycles. The van der Waals surface area contributed by atoms with E-state index >= 15 is 0 Å². The van der Waals surface area contributed by atoms with Crippen LogP contribution in [0.3, 0.4) is 0 Å². The van der Waals surface area contributed by atoms with Gasteiger partial charge in [0.05, 0.1) is 23.6 Å². The number of carbonyl (C=O) groups excluding carboxylic acids is 1. The topological polar surface area (TPSA) is 80.5 Å². The number of morpholine rings is 1. The summed E-state index contributed by atoms with van der Waals surface area (Å²) >= 11 is 0. The number of hydrogen-bond acceptors (Lipinski definition) is 6.